The molecular weight excluding hydrogens is 249 g/mol. The van der Waals surface area contributed by atoms with Crippen LogP contribution in [0.5, 0.6) is 0 Å². The molecule has 0 bridgehead atoms. The molecule has 1 unspecified atom stereocenters. The van der Waals surface area contributed by atoms with Crippen LogP contribution in [0.2, 0.25) is 10.0 Å². The van der Waals surface area contributed by atoms with Crippen molar-refractivity contribution in [2.45, 2.75) is 6.92 Å². The van der Waals surface area contributed by atoms with Crippen LogP contribution in [0.1, 0.15) is 17.3 Å². The van der Waals surface area contributed by atoms with Crippen molar-refractivity contribution in [3.8, 4) is 6.07 Å². The minimum absolute atomic E-state index is 0.132. The van der Waals surface area contributed by atoms with Crippen LogP contribution in [-0.2, 0) is 4.79 Å². The van der Waals surface area contributed by atoms with Gasteiger partial charge >= 0.3 is 0 Å². The first-order valence-electron chi connectivity index (χ1n) is 4.36. The molecule has 82 valence electrons. The van der Waals surface area contributed by atoms with Crippen LogP contribution in [0, 0.1) is 17.2 Å². The van der Waals surface area contributed by atoms with Gasteiger partial charge in [-0.05, 0) is 25.1 Å². The van der Waals surface area contributed by atoms with Crippen molar-refractivity contribution in [3.05, 3.63) is 33.8 Å². The fourth-order valence-corrected chi connectivity index (χ4v) is 1.68. The molecule has 0 aliphatic rings. The predicted molar refractivity (Wildman–Crippen MR) is 60.6 cm³/mol. The van der Waals surface area contributed by atoms with E-state index in [1.165, 1.54) is 25.1 Å². The average molecular weight is 256 g/mol. The number of hydrogen-bond acceptors (Lipinski definition) is 3. The lowest BCUT2D eigenvalue weighted by Gasteiger charge is -2.06. The number of nitriles is 1. The summed E-state index contributed by atoms with van der Waals surface area (Å²) in [5.74, 6) is -2.41. The molecule has 0 fully saturated rings. The number of carbonyl (C=O) groups excluding carboxylic acids is 2. The van der Waals surface area contributed by atoms with Gasteiger partial charge in [-0.15, -0.1) is 0 Å². The Hall–Kier alpha value is -1.37. The number of nitrogens with zero attached hydrogens (tertiary/aromatic N) is 1. The van der Waals surface area contributed by atoms with Crippen LogP contribution in [0.4, 0.5) is 0 Å². The smallest absolute Gasteiger partial charge is 0.189 e. The van der Waals surface area contributed by atoms with Gasteiger partial charge in [-0.3, -0.25) is 9.59 Å². The second kappa shape index (κ2) is 5.11. The maximum Gasteiger partial charge on any atom is 0.189 e. The topological polar surface area (TPSA) is 57.9 Å². The highest BCUT2D eigenvalue weighted by Crippen LogP contribution is 2.23. The molecule has 0 heterocycles. The minimum atomic E-state index is -1.31. The molecule has 0 aromatic heterocycles. The molecule has 1 atom stereocenters. The third-order valence-electron chi connectivity index (χ3n) is 1.99. The Morgan fingerprint density at radius 2 is 2.00 bits per heavy atom. The maximum absolute atomic E-state index is 11.8. The quantitative estimate of drug-likeness (QED) is 0.617. The molecule has 0 saturated heterocycles. The summed E-state index contributed by atoms with van der Waals surface area (Å²) in [5.41, 5.74) is 0.132. The number of halogens is 2. The molecule has 0 amide bonds. The Morgan fingerprint density at radius 1 is 1.38 bits per heavy atom. The van der Waals surface area contributed by atoms with Crippen LogP contribution in [0.3, 0.4) is 0 Å². The fourth-order valence-electron chi connectivity index (χ4n) is 1.18. The van der Waals surface area contributed by atoms with E-state index in [-0.39, 0.29) is 10.6 Å². The summed E-state index contributed by atoms with van der Waals surface area (Å²) in [4.78, 5) is 22.8. The standard InChI is InChI=1S/C11H7Cl2NO2/c1-6(15)9(5-14)11(16)8-3-2-7(12)4-10(8)13/h2-4,9H,1H3. The van der Waals surface area contributed by atoms with Gasteiger partial charge in [0.1, 0.15) is 0 Å². The molecule has 5 heteroatoms. The molecule has 16 heavy (non-hydrogen) atoms. The lowest BCUT2D eigenvalue weighted by Crippen LogP contribution is -2.20. The number of Topliss-reactive ketones (excluding diaryl/α,β-unsaturated/α-hetero) is 2. The van der Waals surface area contributed by atoms with Crippen molar-refractivity contribution in [1.82, 2.24) is 0 Å². The van der Waals surface area contributed by atoms with Crippen molar-refractivity contribution in [2.24, 2.45) is 5.92 Å². The first kappa shape index (κ1) is 12.7. The molecule has 0 spiro atoms. The Morgan fingerprint density at radius 3 is 2.44 bits per heavy atom. The molecule has 3 nitrogen and oxygen atoms in total. The minimum Gasteiger partial charge on any atom is -0.298 e. The summed E-state index contributed by atoms with van der Waals surface area (Å²) in [7, 11) is 0. The van der Waals surface area contributed by atoms with Crippen LogP contribution in [-0.4, -0.2) is 11.6 Å². The zero-order valence-corrected chi connectivity index (χ0v) is 9.84. The van der Waals surface area contributed by atoms with Crippen LogP contribution >= 0.6 is 23.2 Å². The molecule has 0 N–H and O–H groups in total. The van der Waals surface area contributed by atoms with E-state index in [0.717, 1.165) is 0 Å². The van der Waals surface area contributed by atoms with Crippen LogP contribution < -0.4 is 0 Å². The average Bonchev–Trinajstić information content (AvgIpc) is 2.17. The molecule has 1 aromatic carbocycles. The summed E-state index contributed by atoms with van der Waals surface area (Å²) in [5, 5.41) is 9.24. The molecule has 1 aromatic rings. The van der Waals surface area contributed by atoms with Gasteiger partial charge in [-0.1, -0.05) is 23.2 Å². The van der Waals surface area contributed by atoms with E-state index in [0.29, 0.717) is 5.02 Å². The van der Waals surface area contributed by atoms with Gasteiger partial charge in [0.25, 0.3) is 0 Å². The van der Waals surface area contributed by atoms with Gasteiger partial charge < -0.3 is 0 Å². The highest BCUT2D eigenvalue weighted by Gasteiger charge is 2.25. The normalized spacial score (nSPS) is 11.6. The van der Waals surface area contributed by atoms with Crippen LogP contribution in [0.15, 0.2) is 18.2 Å². The molecule has 0 aliphatic heterocycles. The number of carbonyl (C=O) groups is 2. The predicted octanol–water partition coefficient (Wildman–Crippen LogP) is 2.90. The van der Waals surface area contributed by atoms with Gasteiger partial charge in [0.15, 0.2) is 17.5 Å². The van der Waals surface area contributed by atoms with Gasteiger partial charge in [0.05, 0.1) is 11.1 Å². The number of rotatable bonds is 3. The van der Waals surface area contributed by atoms with Crippen LogP contribution in [0.25, 0.3) is 0 Å². The zero-order chi connectivity index (χ0) is 12.3. The first-order valence-corrected chi connectivity index (χ1v) is 5.12. The SMILES string of the molecule is CC(=O)C(C#N)C(=O)c1ccc(Cl)cc1Cl. The Kier molecular flexibility index (Phi) is 4.05. The monoisotopic (exact) mass is 255 g/mol. The second-order valence-electron chi connectivity index (χ2n) is 3.16. The Bertz CT molecular complexity index is 491. The fraction of sp³-hybridized carbons (Fsp3) is 0.182. The lowest BCUT2D eigenvalue weighted by atomic mass is 9.96. The van der Waals surface area contributed by atoms with Crippen molar-refractivity contribution in [1.29, 1.82) is 5.26 Å². The molecule has 1 rings (SSSR count). The van der Waals surface area contributed by atoms with E-state index in [1.807, 2.05) is 0 Å². The van der Waals surface area contributed by atoms with Crippen molar-refractivity contribution >= 4 is 34.8 Å². The third kappa shape index (κ3) is 2.60. The third-order valence-corrected chi connectivity index (χ3v) is 2.54. The van der Waals surface area contributed by atoms with Gasteiger partial charge in [-0.25, -0.2) is 0 Å². The molecule has 0 radical (unpaired) electrons. The Labute approximate surface area is 103 Å². The van der Waals surface area contributed by atoms with Crippen molar-refractivity contribution < 1.29 is 9.59 Å². The van der Waals surface area contributed by atoms with E-state index >= 15 is 0 Å². The lowest BCUT2D eigenvalue weighted by molar-refractivity contribution is -0.118. The number of ketones is 2. The zero-order valence-electron chi connectivity index (χ0n) is 8.33. The van der Waals surface area contributed by atoms with E-state index in [2.05, 4.69) is 0 Å². The van der Waals surface area contributed by atoms with E-state index in [4.69, 9.17) is 28.5 Å². The van der Waals surface area contributed by atoms with E-state index in [9.17, 15) is 9.59 Å². The molecular formula is C11H7Cl2NO2. The Balaban J connectivity index is 3.15. The van der Waals surface area contributed by atoms with Gasteiger partial charge in [-0.2, -0.15) is 5.26 Å². The summed E-state index contributed by atoms with van der Waals surface area (Å²) in [6.07, 6.45) is 0. The van der Waals surface area contributed by atoms with Gasteiger partial charge in [0.2, 0.25) is 0 Å². The maximum atomic E-state index is 11.8. The first-order chi connectivity index (χ1) is 7.47. The largest absolute Gasteiger partial charge is 0.298 e. The summed E-state index contributed by atoms with van der Waals surface area (Å²) >= 11 is 11.5. The number of hydrogen-bond donors (Lipinski definition) is 0. The van der Waals surface area contributed by atoms with Gasteiger partial charge in [0, 0.05) is 10.6 Å². The summed E-state index contributed by atoms with van der Waals surface area (Å²) < 4.78 is 0. The summed E-state index contributed by atoms with van der Waals surface area (Å²) in [6, 6.07) is 5.93. The van der Waals surface area contributed by atoms with Crippen molar-refractivity contribution in [2.75, 3.05) is 0 Å². The van der Waals surface area contributed by atoms with Crippen molar-refractivity contribution in [3.63, 3.8) is 0 Å². The highest BCUT2D eigenvalue weighted by atomic mass is 35.5. The number of benzene rings is 1. The van der Waals surface area contributed by atoms with E-state index in [1.54, 1.807) is 6.07 Å². The van der Waals surface area contributed by atoms with E-state index < -0.39 is 17.5 Å². The highest BCUT2D eigenvalue weighted by molar-refractivity contribution is 6.37. The second-order valence-corrected chi connectivity index (χ2v) is 4.00. The summed E-state index contributed by atoms with van der Waals surface area (Å²) in [6.45, 7) is 1.19. The molecule has 0 aliphatic carbocycles. The molecule has 0 saturated carbocycles.